The Kier molecular flexibility index (Phi) is 12.7. The Morgan fingerprint density at radius 1 is 1.05 bits per heavy atom. The summed E-state index contributed by atoms with van der Waals surface area (Å²) in [6, 6.07) is 6.94. The third kappa shape index (κ3) is 6.68. The fraction of sp³-hybridized carbons (Fsp3) is 0.714. The van der Waals surface area contributed by atoms with E-state index >= 15 is 0 Å². The zero-order chi connectivity index (χ0) is 17.1. The average molecular weight is 295 g/mol. The Balaban J connectivity index is -0.000000665. The van der Waals surface area contributed by atoms with Gasteiger partial charge in [0.15, 0.2) is 0 Å². The van der Waals surface area contributed by atoms with E-state index in [-0.39, 0.29) is 6.84 Å². The molecule has 0 aliphatic rings. The van der Waals surface area contributed by atoms with Crippen molar-refractivity contribution in [1.82, 2.24) is 0 Å². The summed E-state index contributed by atoms with van der Waals surface area (Å²) in [6.07, 6.45) is 3.72. The molecule has 1 aromatic carbocycles. The lowest BCUT2D eigenvalue weighted by atomic mass is 9.70. The summed E-state index contributed by atoms with van der Waals surface area (Å²) < 4.78 is 0. The van der Waals surface area contributed by atoms with Crippen LogP contribution in [-0.2, 0) is 11.8 Å². The minimum Gasteiger partial charge on any atom is -0.0683 e. The minimum atomic E-state index is 0. The van der Waals surface area contributed by atoms with Crippen LogP contribution in [-0.4, -0.2) is 0 Å². The Morgan fingerprint density at radius 3 is 2.00 bits per heavy atom. The van der Waals surface area contributed by atoms with Crippen LogP contribution in [0.15, 0.2) is 18.2 Å². The third-order valence-electron chi connectivity index (χ3n) is 4.29. The van der Waals surface area contributed by atoms with Crippen molar-refractivity contribution >= 4 is 0 Å². The standard InChI is InChI=1S/C17H28.2C2H6.H2/c1-7-9-14(4)17(5,6)16-12-13(3)10-11-15(16)8-2;2*1-2;/h10-12,14H,7-9H2,1-6H3;2*1-2H3;1H/t14-;;;/m1.../s1. The Hall–Kier alpha value is -0.780. The highest BCUT2D eigenvalue weighted by Crippen LogP contribution is 2.36. The summed E-state index contributed by atoms with van der Waals surface area (Å²) in [7, 11) is 0. The zero-order valence-electron chi connectivity index (χ0n) is 16.4. The molecule has 1 atom stereocenters. The fourth-order valence-electron chi connectivity index (χ4n) is 2.66. The number of hydrogen-bond donors (Lipinski definition) is 0. The van der Waals surface area contributed by atoms with Crippen LogP contribution in [0.3, 0.4) is 0 Å². The number of aryl methyl sites for hydroxylation is 2. The molecular weight excluding hydrogens is 252 g/mol. The monoisotopic (exact) mass is 294 g/mol. The van der Waals surface area contributed by atoms with Gasteiger partial charge in [-0.15, -0.1) is 0 Å². The Bertz CT molecular complexity index is 366. The van der Waals surface area contributed by atoms with Crippen molar-refractivity contribution in [2.24, 2.45) is 5.92 Å². The molecule has 0 heteroatoms. The van der Waals surface area contributed by atoms with Gasteiger partial charge in [-0.3, -0.25) is 0 Å². The van der Waals surface area contributed by atoms with E-state index in [0.29, 0.717) is 0 Å². The van der Waals surface area contributed by atoms with Gasteiger partial charge in [0.2, 0.25) is 0 Å². The summed E-state index contributed by atoms with van der Waals surface area (Å²) in [5.74, 6) is 0.736. The second-order valence-corrected chi connectivity index (χ2v) is 5.93. The molecule has 0 aromatic heterocycles. The van der Waals surface area contributed by atoms with Crippen LogP contribution in [0.2, 0.25) is 0 Å². The molecule has 0 aliphatic carbocycles. The average Bonchev–Trinajstić information content (AvgIpc) is 2.51. The maximum Gasteiger partial charge on any atom is 0 e. The van der Waals surface area contributed by atoms with E-state index < -0.39 is 0 Å². The normalized spacial score (nSPS) is 11.7. The highest BCUT2D eigenvalue weighted by molar-refractivity contribution is 5.37. The maximum absolute atomic E-state index is 2.40. The van der Waals surface area contributed by atoms with E-state index in [2.05, 4.69) is 59.7 Å². The molecule has 0 radical (unpaired) electrons. The van der Waals surface area contributed by atoms with Crippen LogP contribution >= 0.6 is 0 Å². The van der Waals surface area contributed by atoms with Gasteiger partial charge in [-0.05, 0) is 35.8 Å². The molecule has 0 heterocycles. The smallest absolute Gasteiger partial charge is 0 e. The fourth-order valence-corrected chi connectivity index (χ4v) is 2.66. The Labute approximate surface area is 136 Å². The van der Waals surface area contributed by atoms with Crippen molar-refractivity contribution in [3.05, 3.63) is 34.9 Å². The van der Waals surface area contributed by atoms with Crippen molar-refractivity contribution in [2.45, 2.75) is 93.9 Å². The molecule has 0 N–H and O–H groups in total. The van der Waals surface area contributed by atoms with Crippen LogP contribution in [0.25, 0.3) is 0 Å². The van der Waals surface area contributed by atoms with Gasteiger partial charge >= 0.3 is 0 Å². The minimum absolute atomic E-state index is 0. The van der Waals surface area contributed by atoms with E-state index in [0.717, 1.165) is 12.3 Å². The topological polar surface area (TPSA) is 0 Å². The molecule has 0 fully saturated rings. The van der Waals surface area contributed by atoms with Gasteiger partial charge in [0.1, 0.15) is 0 Å². The zero-order valence-corrected chi connectivity index (χ0v) is 16.4. The lowest BCUT2D eigenvalue weighted by Gasteiger charge is -2.34. The Morgan fingerprint density at radius 2 is 1.57 bits per heavy atom. The molecule has 126 valence electrons. The second kappa shape index (κ2) is 11.8. The highest BCUT2D eigenvalue weighted by atomic mass is 14.3. The molecule has 1 aromatic rings. The molecule has 0 unspecified atom stereocenters. The molecule has 0 saturated heterocycles. The van der Waals surface area contributed by atoms with Crippen molar-refractivity contribution in [3.8, 4) is 0 Å². The van der Waals surface area contributed by atoms with Gasteiger partial charge < -0.3 is 0 Å². The van der Waals surface area contributed by atoms with Gasteiger partial charge in [0.25, 0.3) is 0 Å². The number of hydrogen-bond acceptors (Lipinski definition) is 0. The van der Waals surface area contributed by atoms with Crippen LogP contribution in [0, 0.1) is 12.8 Å². The highest BCUT2D eigenvalue weighted by Gasteiger charge is 2.29. The lowest BCUT2D eigenvalue weighted by molar-refractivity contribution is 0.320. The van der Waals surface area contributed by atoms with Crippen LogP contribution in [0.5, 0.6) is 0 Å². The van der Waals surface area contributed by atoms with Crippen LogP contribution in [0.1, 0.15) is 93.3 Å². The SMILES string of the molecule is CC.CC.CCC[C@@H](C)C(C)(C)c1cc(C)ccc1CC.[HH]. The van der Waals surface area contributed by atoms with Crippen LogP contribution in [0.4, 0.5) is 0 Å². The van der Waals surface area contributed by atoms with E-state index in [4.69, 9.17) is 0 Å². The van der Waals surface area contributed by atoms with Crippen molar-refractivity contribution in [2.75, 3.05) is 0 Å². The summed E-state index contributed by atoms with van der Waals surface area (Å²) >= 11 is 0. The van der Waals surface area contributed by atoms with E-state index in [9.17, 15) is 0 Å². The molecule has 21 heavy (non-hydrogen) atoms. The molecule has 1 rings (SSSR count). The molecule has 0 bridgehead atoms. The quantitative estimate of drug-likeness (QED) is 0.525. The number of rotatable bonds is 5. The van der Waals surface area contributed by atoms with Gasteiger partial charge in [-0.2, -0.15) is 0 Å². The number of benzene rings is 1. The van der Waals surface area contributed by atoms with Crippen LogP contribution < -0.4 is 0 Å². The second-order valence-electron chi connectivity index (χ2n) is 5.93. The molecule has 0 nitrogen and oxygen atoms in total. The van der Waals surface area contributed by atoms with Gasteiger partial charge in [0, 0.05) is 1.43 Å². The first-order valence-electron chi connectivity index (χ1n) is 9.03. The van der Waals surface area contributed by atoms with E-state index in [1.165, 1.54) is 24.0 Å². The van der Waals surface area contributed by atoms with Gasteiger partial charge in [-0.1, -0.05) is 98.9 Å². The summed E-state index contributed by atoms with van der Waals surface area (Å²) in [6.45, 7) is 21.9. The first kappa shape index (κ1) is 22.5. The van der Waals surface area contributed by atoms with Crippen molar-refractivity contribution in [3.63, 3.8) is 0 Å². The third-order valence-corrected chi connectivity index (χ3v) is 4.29. The van der Waals surface area contributed by atoms with E-state index in [1.807, 2.05) is 27.7 Å². The summed E-state index contributed by atoms with van der Waals surface area (Å²) in [5.41, 5.74) is 4.74. The molecule has 0 saturated carbocycles. The predicted molar refractivity (Wildman–Crippen MR) is 102 cm³/mol. The summed E-state index contributed by atoms with van der Waals surface area (Å²) in [5, 5.41) is 0. The molecule has 0 aliphatic heterocycles. The lowest BCUT2D eigenvalue weighted by Crippen LogP contribution is -2.28. The maximum atomic E-state index is 2.40. The summed E-state index contributed by atoms with van der Waals surface area (Å²) in [4.78, 5) is 0. The molecular formula is C21H42. The predicted octanol–water partition coefficient (Wildman–Crippen LogP) is 7.57. The van der Waals surface area contributed by atoms with Crippen molar-refractivity contribution in [1.29, 1.82) is 0 Å². The first-order chi connectivity index (χ1) is 9.93. The molecule has 0 amide bonds. The first-order valence-corrected chi connectivity index (χ1v) is 9.03. The largest absolute Gasteiger partial charge is 0.0683 e. The van der Waals surface area contributed by atoms with Gasteiger partial charge in [0.05, 0.1) is 0 Å². The van der Waals surface area contributed by atoms with E-state index in [1.54, 1.807) is 5.56 Å². The van der Waals surface area contributed by atoms with Crippen molar-refractivity contribution < 1.29 is 1.43 Å². The molecule has 0 spiro atoms. The van der Waals surface area contributed by atoms with Gasteiger partial charge in [-0.25, -0.2) is 0 Å².